The molecule has 0 unspecified atom stereocenters. The second-order valence-electron chi connectivity index (χ2n) is 7.32. The van der Waals surface area contributed by atoms with Crippen LogP contribution in [0.15, 0.2) is 47.4 Å². The van der Waals surface area contributed by atoms with Gasteiger partial charge in [-0.15, -0.1) is 0 Å². The average Bonchev–Trinajstić information content (AvgIpc) is 2.69. The average molecular weight is 416 g/mol. The number of rotatable bonds is 7. The fourth-order valence-electron chi connectivity index (χ4n) is 3.76. The lowest BCUT2D eigenvalue weighted by Crippen LogP contribution is -2.36. The van der Waals surface area contributed by atoms with Crippen LogP contribution in [0.4, 0.5) is 11.4 Å². The zero-order chi connectivity index (χ0) is 21.0. The Hall–Kier alpha value is -2.38. The van der Waals surface area contributed by atoms with Gasteiger partial charge in [0.15, 0.2) is 0 Å². The molecule has 0 aromatic heterocycles. The maximum Gasteiger partial charge on any atom is 0.243 e. The van der Waals surface area contributed by atoms with Gasteiger partial charge in [0.1, 0.15) is 0 Å². The van der Waals surface area contributed by atoms with E-state index < -0.39 is 10.0 Å². The molecule has 156 valence electrons. The van der Waals surface area contributed by atoms with Crippen molar-refractivity contribution in [3.63, 3.8) is 0 Å². The van der Waals surface area contributed by atoms with E-state index in [1.165, 1.54) is 15.4 Å². The molecule has 1 amide bonds. The monoisotopic (exact) mass is 415 g/mol. The lowest BCUT2D eigenvalue weighted by molar-refractivity contribution is -0.115. The largest absolute Gasteiger partial charge is 0.362 e. The first kappa shape index (κ1) is 21.3. The van der Waals surface area contributed by atoms with Crippen LogP contribution in [0.2, 0.25) is 0 Å². The van der Waals surface area contributed by atoms with Crippen LogP contribution < -0.4 is 10.2 Å². The molecule has 0 saturated carbocycles. The minimum absolute atomic E-state index is 0.113. The van der Waals surface area contributed by atoms with Crippen molar-refractivity contribution in [1.82, 2.24) is 4.31 Å². The van der Waals surface area contributed by atoms with Gasteiger partial charge in [-0.25, -0.2) is 8.42 Å². The zero-order valence-corrected chi connectivity index (χ0v) is 18.1. The van der Waals surface area contributed by atoms with Crippen LogP contribution in [-0.2, 0) is 21.2 Å². The molecule has 0 bridgehead atoms. The van der Waals surface area contributed by atoms with Crippen molar-refractivity contribution < 1.29 is 13.2 Å². The first-order valence-electron chi connectivity index (χ1n) is 10.1. The zero-order valence-electron chi connectivity index (χ0n) is 17.3. The van der Waals surface area contributed by atoms with Crippen LogP contribution in [0, 0.1) is 6.92 Å². The highest BCUT2D eigenvalue weighted by atomic mass is 32.2. The van der Waals surface area contributed by atoms with Crippen LogP contribution in [0.5, 0.6) is 0 Å². The standard InChI is InChI=1S/C22H29N3O3S/c1-4-25(5-2)29(27,28)20-11-9-19(10-12-20)23-22(26)16-24-14-6-7-18-15-17(3)8-13-21(18)24/h8-13,15H,4-7,14,16H2,1-3H3,(H,23,26). The normalized spacial score (nSPS) is 14.0. The van der Waals surface area contributed by atoms with E-state index in [4.69, 9.17) is 0 Å². The fourth-order valence-corrected chi connectivity index (χ4v) is 5.22. The minimum atomic E-state index is -3.49. The summed E-state index contributed by atoms with van der Waals surface area (Å²) in [6, 6.07) is 12.7. The SMILES string of the molecule is CCN(CC)S(=O)(=O)c1ccc(NC(=O)CN2CCCc3cc(C)ccc32)cc1. The molecule has 0 spiro atoms. The van der Waals surface area contributed by atoms with Gasteiger partial charge < -0.3 is 10.2 Å². The number of carbonyl (C=O) groups excluding carboxylic acids is 1. The molecular weight excluding hydrogens is 386 g/mol. The molecule has 1 N–H and O–H groups in total. The first-order valence-corrected chi connectivity index (χ1v) is 11.5. The van der Waals surface area contributed by atoms with Gasteiger partial charge in [-0.05, 0) is 55.7 Å². The van der Waals surface area contributed by atoms with E-state index in [0.29, 0.717) is 18.8 Å². The van der Waals surface area contributed by atoms with E-state index in [-0.39, 0.29) is 17.3 Å². The van der Waals surface area contributed by atoms with Crippen molar-refractivity contribution >= 4 is 27.3 Å². The van der Waals surface area contributed by atoms with E-state index in [9.17, 15) is 13.2 Å². The van der Waals surface area contributed by atoms with Gasteiger partial charge in [0.25, 0.3) is 0 Å². The second-order valence-corrected chi connectivity index (χ2v) is 9.26. The minimum Gasteiger partial charge on any atom is -0.362 e. The van der Waals surface area contributed by atoms with Crippen molar-refractivity contribution in [3.05, 3.63) is 53.6 Å². The number of hydrogen-bond donors (Lipinski definition) is 1. The van der Waals surface area contributed by atoms with Crippen LogP contribution in [0.25, 0.3) is 0 Å². The molecule has 6 nitrogen and oxygen atoms in total. The molecule has 1 aliphatic rings. The highest BCUT2D eigenvalue weighted by Gasteiger charge is 2.22. The Morgan fingerprint density at radius 1 is 1.10 bits per heavy atom. The predicted molar refractivity (Wildman–Crippen MR) is 117 cm³/mol. The maximum atomic E-state index is 12.6. The molecule has 29 heavy (non-hydrogen) atoms. The van der Waals surface area contributed by atoms with Crippen molar-refractivity contribution in [1.29, 1.82) is 0 Å². The first-order chi connectivity index (χ1) is 13.8. The molecule has 0 saturated heterocycles. The van der Waals surface area contributed by atoms with E-state index in [1.54, 1.807) is 24.3 Å². The number of anilines is 2. The summed E-state index contributed by atoms with van der Waals surface area (Å²) in [7, 11) is -3.49. The molecule has 0 atom stereocenters. The van der Waals surface area contributed by atoms with Crippen LogP contribution >= 0.6 is 0 Å². The van der Waals surface area contributed by atoms with E-state index in [0.717, 1.165) is 25.1 Å². The van der Waals surface area contributed by atoms with Gasteiger partial charge in [0.2, 0.25) is 15.9 Å². The topological polar surface area (TPSA) is 69.7 Å². The number of hydrogen-bond acceptors (Lipinski definition) is 4. The quantitative estimate of drug-likeness (QED) is 0.752. The summed E-state index contributed by atoms with van der Waals surface area (Å²) >= 11 is 0. The van der Waals surface area contributed by atoms with Gasteiger partial charge >= 0.3 is 0 Å². The fraction of sp³-hybridized carbons (Fsp3) is 0.409. The van der Waals surface area contributed by atoms with Gasteiger partial charge in [-0.2, -0.15) is 4.31 Å². The van der Waals surface area contributed by atoms with Crippen LogP contribution in [-0.4, -0.2) is 44.8 Å². The van der Waals surface area contributed by atoms with Crippen molar-refractivity contribution in [2.45, 2.75) is 38.5 Å². The van der Waals surface area contributed by atoms with Gasteiger partial charge in [-0.3, -0.25) is 4.79 Å². The second kappa shape index (κ2) is 8.97. The number of sulfonamides is 1. The van der Waals surface area contributed by atoms with Gasteiger partial charge in [0, 0.05) is 31.0 Å². The number of nitrogens with one attached hydrogen (secondary N) is 1. The van der Waals surface area contributed by atoms with Crippen LogP contribution in [0.3, 0.4) is 0 Å². The molecule has 3 rings (SSSR count). The molecule has 0 fully saturated rings. The summed E-state index contributed by atoms with van der Waals surface area (Å²) in [4.78, 5) is 14.9. The van der Waals surface area contributed by atoms with Crippen LogP contribution in [0.1, 0.15) is 31.4 Å². The Kier molecular flexibility index (Phi) is 6.59. The summed E-state index contributed by atoms with van der Waals surface area (Å²) in [6.45, 7) is 7.68. The van der Waals surface area contributed by atoms with Crippen molar-refractivity contribution in [3.8, 4) is 0 Å². The third-order valence-corrected chi connectivity index (χ3v) is 7.33. The third kappa shape index (κ3) is 4.79. The Morgan fingerprint density at radius 3 is 2.45 bits per heavy atom. The summed E-state index contributed by atoms with van der Waals surface area (Å²) in [5.41, 5.74) is 4.23. The van der Waals surface area contributed by atoms with Gasteiger partial charge in [0.05, 0.1) is 11.4 Å². The lowest BCUT2D eigenvalue weighted by Gasteiger charge is -2.31. The number of carbonyl (C=O) groups is 1. The van der Waals surface area contributed by atoms with E-state index in [2.05, 4.69) is 35.3 Å². The number of fused-ring (bicyclic) bond motifs is 1. The molecule has 1 heterocycles. The van der Waals surface area contributed by atoms with Crippen molar-refractivity contribution in [2.75, 3.05) is 36.4 Å². The highest BCUT2D eigenvalue weighted by molar-refractivity contribution is 7.89. The van der Waals surface area contributed by atoms with E-state index >= 15 is 0 Å². The number of benzene rings is 2. The maximum absolute atomic E-state index is 12.6. The summed E-state index contributed by atoms with van der Waals surface area (Å²) < 4.78 is 26.5. The molecule has 2 aromatic carbocycles. The van der Waals surface area contributed by atoms with E-state index in [1.807, 2.05) is 13.8 Å². The molecule has 1 aliphatic heterocycles. The number of amides is 1. The molecule has 2 aromatic rings. The Bertz CT molecular complexity index is 967. The smallest absolute Gasteiger partial charge is 0.243 e. The molecule has 0 radical (unpaired) electrons. The number of nitrogens with zero attached hydrogens (tertiary/aromatic N) is 2. The Balaban J connectivity index is 1.67. The Labute approximate surface area is 173 Å². The Morgan fingerprint density at radius 2 is 1.79 bits per heavy atom. The highest BCUT2D eigenvalue weighted by Crippen LogP contribution is 2.28. The molecule has 0 aliphatic carbocycles. The summed E-state index contributed by atoms with van der Waals surface area (Å²) in [5.74, 6) is -0.113. The van der Waals surface area contributed by atoms with Crippen molar-refractivity contribution in [2.24, 2.45) is 0 Å². The lowest BCUT2D eigenvalue weighted by atomic mass is 9.99. The summed E-state index contributed by atoms with van der Waals surface area (Å²) in [5, 5.41) is 2.88. The predicted octanol–water partition coefficient (Wildman–Crippen LogP) is 3.42. The molecular formula is C22H29N3O3S. The third-order valence-electron chi connectivity index (χ3n) is 5.27. The number of aryl methyl sites for hydroxylation is 2. The summed E-state index contributed by atoms with van der Waals surface area (Å²) in [6.07, 6.45) is 2.07. The molecule has 7 heteroatoms. The van der Waals surface area contributed by atoms with Gasteiger partial charge in [-0.1, -0.05) is 31.5 Å².